The van der Waals surface area contributed by atoms with Crippen LogP contribution in [-0.2, 0) is 5.75 Å². The van der Waals surface area contributed by atoms with Crippen LogP contribution in [0.5, 0.6) is 5.75 Å². The van der Waals surface area contributed by atoms with Gasteiger partial charge in [-0.3, -0.25) is 9.36 Å². The van der Waals surface area contributed by atoms with E-state index in [-0.39, 0.29) is 11.6 Å². The lowest BCUT2D eigenvalue weighted by molar-refractivity contribution is 0.390. The van der Waals surface area contributed by atoms with E-state index in [9.17, 15) is 4.79 Å². The van der Waals surface area contributed by atoms with Gasteiger partial charge < -0.3 is 9.26 Å². The van der Waals surface area contributed by atoms with Crippen LogP contribution in [0.15, 0.2) is 63.0 Å². The Labute approximate surface area is 171 Å². The van der Waals surface area contributed by atoms with Gasteiger partial charge in [-0.05, 0) is 38.1 Å². The zero-order valence-corrected chi connectivity index (χ0v) is 17.1. The molecule has 2 heterocycles. The fraction of sp³-hybridized carbons (Fsp3) is 0.238. The molecule has 0 aliphatic carbocycles. The smallest absolute Gasteiger partial charge is 0.262 e. The Morgan fingerprint density at radius 3 is 2.66 bits per heavy atom. The maximum Gasteiger partial charge on any atom is 0.262 e. The third-order valence-electron chi connectivity index (χ3n) is 4.43. The first-order valence-electron chi connectivity index (χ1n) is 9.18. The van der Waals surface area contributed by atoms with Crippen molar-refractivity contribution >= 4 is 22.7 Å². The average Bonchev–Trinajstić information content (AvgIpc) is 3.21. The highest BCUT2D eigenvalue weighted by molar-refractivity contribution is 7.98. The molecule has 7 nitrogen and oxygen atoms in total. The van der Waals surface area contributed by atoms with Crippen molar-refractivity contribution in [2.75, 3.05) is 7.11 Å². The Kier molecular flexibility index (Phi) is 5.35. The van der Waals surface area contributed by atoms with Crippen LogP contribution in [-0.4, -0.2) is 26.8 Å². The normalized spacial score (nSPS) is 11.3. The molecule has 0 atom stereocenters. The number of fused-ring (bicyclic) bond motifs is 1. The molecule has 0 fully saturated rings. The highest BCUT2D eigenvalue weighted by Gasteiger charge is 2.17. The van der Waals surface area contributed by atoms with Crippen LogP contribution >= 0.6 is 11.8 Å². The van der Waals surface area contributed by atoms with Crippen molar-refractivity contribution in [3.63, 3.8) is 0 Å². The summed E-state index contributed by atoms with van der Waals surface area (Å²) in [6.07, 6.45) is 0. The molecule has 8 heteroatoms. The number of hydrogen-bond donors (Lipinski definition) is 0. The molecule has 4 aromatic rings. The van der Waals surface area contributed by atoms with Crippen LogP contribution in [0, 0.1) is 0 Å². The van der Waals surface area contributed by atoms with Gasteiger partial charge in [0.1, 0.15) is 5.75 Å². The minimum atomic E-state index is -0.0478. The Balaban J connectivity index is 1.63. The minimum absolute atomic E-state index is 0.0195. The molecule has 4 rings (SSSR count). The Bertz CT molecular complexity index is 1220. The van der Waals surface area contributed by atoms with E-state index in [0.29, 0.717) is 39.3 Å². The van der Waals surface area contributed by atoms with E-state index in [1.54, 1.807) is 17.7 Å². The van der Waals surface area contributed by atoms with E-state index in [4.69, 9.17) is 9.26 Å². The van der Waals surface area contributed by atoms with Crippen LogP contribution in [0.1, 0.15) is 25.8 Å². The van der Waals surface area contributed by atoms with Gasteiger partial charge in [0.25, 0.3) is 5.56 Å². The molecule has 0 saturated heterocycles. The van der Waals surface area contributed by atoms with Crippen LogP contribution in [0.25, 0.3) is 22.3 Å². The predicted octanol–water partition coefficient (Wildman–Crippen LogP) is 4.33. The molecule has 0 saturated carbocycles. The largest absolute Gasteiger partial charge is 0.496 e. The molecule has 0 aliphatic rings. The Morgan fingerprint density at radius 1 is 1.10 bits per heavy atom. The zero-order chi connectivity index (χ0) is 20.4. The van der Waals surface area contributed by atoms with Gasteiger partial charge in [-0.1, -0.05) is 41.2 Å². The monoisotopic (exact) mass is 408 g/mol. The molecule has 0 aliphatic heterocycles. The molecule has 0 bridgehead atoms. The first-order chi connectivity index (χ1) is 14.1. The molecule has 2 aromatic carbocycles. The van der Waals surface area contributed by atoms with E-state index in [1.165, 1.54) is 11.8 Å². The van der Waals surface area contributed by atoms with Gasteiger partial charge in [0.2, 0.25) is 11.7 Å². The van der Waals surface area contributed by atoms with Crippen LogP contribution in [0.3, 0.4) is 0 Å². The van der Waals surface area contributed by atoms with Crippen molar-refractivity contribution in [1.29, 1.82) is 0 Å². The molecule has 0 radical (unpaired) electrons. The van der Waals surface area contributed by atoms with Crippen molar-refractivity contribution in [3.05, 3.63) is 64.8 Å². The Morgan fingerprint density at radius 2 is 1.86 bits per heavy atom. The predicted molar refractivity (Wildman–Crippen MR) is 112 cm³/mol. The van der Waals surface area contributed by atoms with E-state index >= 15 is 0 Å². The van der Waals surface area contributed by atoms with E-state index in [2.05, 4.69) is 15.1 Å². The molecule has 2 aromatic heterocycles. The summed E-state index contributed by atoms with van der Waals surface area (Å²) in [6, 6.07) is 14.9. The lowest BCUT2D eigenvalue weighted by atomic mass is 10.2. The van der Waals surface area contributed by atoms with Crippen molar-refractivity contribution in [3.8, 4) is 17.1 Å². The van der Waals surface area contributed by atoms with Crippen molar-refractivity contribution < 1.29 is 9.26 Å². The molecule has 0 N–H and O–H groups in total. The third-order valence-corrected chi connectivity index (χ3v) is 5.37. The molecule has 148 valence electrons. The first-order valence-corrected chi connectivity index (χ1v) is 10.2. The number of nitrogens with zero attached hydrogens (tertiary/aromatic N) is 4. The SMILES string of the molecule is COc1ccccc1-c1noc(CSc2nc3ccccc3c(=O)n2C(C)C)n1. The van der Waals surface area contributed by atoms with E-state index in [0.717, 1.165) is 5.56 Å². The van der Waals surface area contributed by atoms with Crippen LogP contribution in [0.2, 0.25) is 0 Å². The summed E-state index contributed by atoms with van der Waals surface area (Å²) in [7, 11) is 1.60. The third kappa shape index (κ3) is 3.75. The molecule has 0 spiro atoms. The number of methoxy groups -OCH3 is 1. The van der Waals surface area contributed by atoms with Gasteiger partial charge in [-0.2, -0.15) is 4.98 Å². The second kappa shape index (κ2) is 8.08. The lowest BCUT2D eigenvalue weighted by Crippen LogP contribution is -2.25. The standard InChI is InChI=1S/C21H20N4O3S/c1-13(2)25-20(26)14-8-4-6-10-16(14)22-21(25)29-12-18-23-19(24-28-18)15-9-5-7-11-17(15)27-3/h4-11,13H,12H2,1-3H3. The maximum absolute atomic E-state index is 12.9. The zero-order valence-electron chi connectivity index (χ0n) is 16.3. The first kappa shape index (κ1) is 19.2. The number of benzene rings is 2. The fourth-order valence-electron chi connectivity index (χ4n) is 3.06. The summed E-state index contributed by atoms with van der Waals surface area (Å²) < 4.78 is 12.5. The average molecular weight is 408 g/mol. The van der Waals surface area contributed by atoms with Crippen LogP contribution in [0.4, 0.5) is 0 Å². The van der Waals surface area contributed by atoms with Gasteiger partial charge in [0.15, 0.2) is 5.16 Å². The number of rotatable bonds is 6. The summed E-state index contributed by atoms with van der Waals surface area (Å²) in [5.74, 6) is 2.00. The van der Waals surface area contributed by atoms with Crippen molar-refractivity contribution in [2.45, 2.75) is 30.8 Å². The Hall–Kier alpha value is -3.13. The second-order valence-electron chi connectivity index (χ2n) is 6.68. The van der Waals surface area contributed by atoms with Gasteiger partial charge in [0, 0.05) is 6.04 Å². The van der Waals surface area contributed by atoms with Gasteiger partial charge in [-0.15, -0.1) is 0 Å². The summed E-state index contributed by atoms with van der Waals surface area (Å²) in [5.41, 5.74) is 1.39. The number of ether oxygens (including phenoxy) is 1. The van der Waals surface area contributed by atoms with Gasteiger partial charge in [0.05, 0.1) is 29.3 Å². The molecule has 0 amide bonds. The molecular weight excluding hydrogens is 388 g/mol. The molecular formula is C21H20N4O3S. The topological polar surface area (TPSA) is 83.0 Å². The highest BCUT2D eigenvalue weighted by Crippen LogP contribution is 2.29. The highest BCUT2D eigenvalue weighted by atomic mass is 32.2. The van der Waals surface area contributed by atoms with E-state index < -0.39 is 0 Å². The summed E-state index contributed by atoms with van der Waals surface area (Å²) in [6.45, 7) is 3.93. The van der Waals surface area contributed by atoms with E-state index in [1.807, 2.05) is 56.3 Å². The minimum Gasteiger partial charge on any atom is -0.496 e. The van der Waals surface area contributed by atoms with Crippen molar-refractivity contribution in [2.24, 2.45) is 0 Å². The maximum atomic E-state index is 12.9. The summed E-state index contributed by atoms with van der Waals surface area (Å²) in [5, 5.41) is 5.30. The number of aromatic nitrogens is 4. The van der Waals surface area contributed by atoms with Crippen LogP contribution < -0.4 is 10.3 Å². The summed E-state index contributed by atoms with van der Waals surface area (Å²) in [4.78, 5) is 22.1. The van der Waals surface area contributed by atoms with Gasteiger partial charge in [-0.25, -0.2) is 4.98 Å². The van der Waals surface area contributed by atoms with Crippen molar-refractivity contribution in [1.82, 2.24) is 19.7 Å². The van der Waals surface area contributed by atoms with Gasteiger partial charge >= 0.3 is 0 Å². The quantitative estimate of drug-likeness (QED) is 0.347. The summed E-state index contributed by atoms with van der Waals surface area (Å²) >= 11 is 1.40. The lowest BCUT2D eigenvalue weighted by Gasteiger charge is -2.15. The molecule has 0 unspecified atom stereocenters. The number of thioether (sulfide) groups is 1. The number of para-hydroxylation sites is 2. The fourth-order valence-corrected chi connectivity index (χ4v) is 4.03. The second-order valence-corrected chi connectivity index (χ2v) is 7.62. The molecule has 29 heavy (non-hydrogen) atoms. The number of hydrogen-bond acceptors (Lipinski definition) is 7.